The predicted molar refractivity (Wildman–Crippen MR) is 83.3 cm³/mol. The lowest BCUT2D eigenvalue weighted by Gasteiger charge is -2.25. The van der Waals surface area contributed by atoms with E-state index in [2.05, 4.69) is 16.7 Å². The molecule has 5 heteroatoms. The van der Waals surface area contributed by atoms with Crippen molar-refractivity contribution in [3.8, 4) is 0 Å². The molecule has 0 bridgehead atoms. The molecule has 0 radical (unpaired) electrons. The molecule has 0 aromatic heterocycles. The Bertz CT molecular complexity index is 483. The Morgan fingerprint density at radius 3 is 2.60 bits per heavy atom. The molecule has 3 nitrogen and oxygen atoms in total. The number of piperidine rings is 1. The van der Waals surface area contributed by atoms with Crippen LogP contribution >= 0.6 is 24.0 Å². The highest BCUT2D eigenvalue weighted by Gasteiger charge is 2.46. The first kappa shape index (κ1) is 15.6. The molecule has 0 unspecified atom stereocenters. The van der Waals surface area contributed by atoms with Crippen LogP contribution in [0.5, 0.6) is 0 Å². The number of nitrogens with one attached hydrogen (secondary N) is 2. The minimum atomic E-state index is -0.146. The fourth-order valence-electron chi connectivity index (χ4n) is 2.82. The van der Waals surface area contributed by atoms with Crippen molar-refractivity contribution in [2.45, 2.75) is 31.2 Å². The van der Waals surface area contributed by atoms with Crippen LogP contribution in [0.1, 0.15) is 31.2 Å². The SMILES string of the molecule is Cl.O=C(NC1(c2cccc(Cl)c2)CC1)C1CCNCC1. The fourth-order valence-corrected chi connectivity index (χ4v) is 3.01. The van der Waals surface area contributed by atoms with E-state index in [0.29, 0.717) is 0 Å². The molecule has 1 aliphatic heterocycles. The van der Waals surface area contributed by atoms with Crippen LogP contribution in [-0.2, 0) is 10.3 Å². The molecule has 3 rings (SSSR count). The standard InChI is InChI=1S/C15H19ClN2O.ClH/c16-13-3-1-2-12(10-13)15(6-7-15)18-14(19)11-4-8-17-9-5-11;/h1-3,10-11,17H,4-9H2,(H,18,19);1H. The first-order valence-electron chi connectivity index (χ1n) is 6.98. The second-order valence-electron chi connectivity index (χ2n) is 5.61. The molecular formula is C15H20Cl2N2O. The quantitative estimate of drug-likeness (QED) is 0.900. The Balaban J connectivity index is 0.00000147. The molecule has 0 atom stereocenters. The number of benzene rings is 1. The topological polar surface area (TPSA) is 41.1 Å². The Morgan fingerprint density at radius 2 is 2.00 bits per heavy atom. The summed E-state index contributed by atoms with van der Waals surface area (Å²) in [4.78, 5) is 12.3. The molecule has 0 spiro atoms. The average Bonchev–Trinajstić information content (AvgIpc) is 3.21. The molecule has 1 saturated heterocycles. The number of amides is 1. The molecule has 1 amide bonds. The van der Waals surface area contributed by atoms with Crippen molar-refractivity contribution >= 4 is 29.9 Å². The van der Waals surface area contributed by atoms with E-state index in [-0.39, 0.29) is 29.8 Å². The first-order valence-corrected chi connectivity index (χ1v) is 7.36. The highest BCUT2D eigenvalue weighted by Crippen LogP contribution is 2.46. The molecular weight excluding hydrogens is 295 g/mol. The van der Waals surface area contributed by atoms with Crippen LogP contribution in [0.15, 0.2) is 24.3 Å². The summed E-state index contributed by atoms with van der Waals surface area (Å²) in [7, 11) is 0. The van der Waals surface area contributed by atoms with Crippen LogP contribution < -0.4 is 10.6 Å². The molecule has 1 aromatic rings. The van der Waals surface area contributed by atoms with Gasteiger partial charge in [0.15, 0.2) is 0 Å². The smallest absolute Gasteiger partial charge is 0.223 e. The van der Waals surface area contributed by atoms with Crippen LogP contribution in [-0.4, -0.2) is 19.0 Å². The summed E-state index contributed by atoms with van der Waals surface area (Å²) in [5, 5.41) is 7.28. The van der Waals surface area contributed by atoms with Crippen LogP contribution in [0.3, 0.4) is 0 Å². The van der Waals surface area contributed by atoms with Gasteiger partial charge in [-0.25, -0.2) is 0 Å². The van der Waals surface area contributed by atoms with E-state index >= 15 is 0 Å². The zero-order valence-electron chi connectivity index (χ0n) is 11.3. The molecule has 2 fully saturated rings. The molecule has 20 heavy (non-hydrogen) atoms. The maximum absolute atomic E-state index is 12.3. The average molecular weight is 315 g/mol. The molecule has 1 aliphatic carbocycles. The molecule has 2 N–H and O–H groups in total. The van der Waals surface area contributed by atoms with Gasteiger partial charge in [-0.05, 0) is 56.5 Å². The molecule has 1 saturated carbocycles. The normalized spacial score (nSPS) is 20.9. The lowest BCUT2D eigenvalue weighted by molar-refractivity contribution is -0.126. The number of carbonyl (C=O) groups excluding carboxylic acids is 1. The summed E-state index contributed by atoms with van der Waals surface area (Å²) in [6, 6.07) is 7.85. The number of rotatable bonds is 3. The Kier molecular flexibility index (Phi) is 4.95. The van der Waals surface area contributed by atoms with E-state index in [1.165, 1.54) is 0 Å². The van der Waals surface area contributed by atoms with Crippen LogP contribution in [0.25, 0.3) is 0 Å². The largest absolute Gasteiger partial charge is 0.346 e. The fraction of sp³-hybridized carbons (Fsp3) is 0.533. The summed E-state index contributed by atoms with van der Waals surface area (Å²) in [6.07, 6.45) is 3.92. The van der Waals surface area contributed by atoms with Gasteiger partial charge in [0.25, 0.3) is 0 Å². The van der Waals surface area contributed by atoms with E-state index < -0.39 is 0 Å². The summed E-state index contributed by atoms with van der Waals surface area (Å²) < 4.78 is 0. The molecule has 1 aromatic carbocycles. The highest BCUT2D eigenvalue weighted by molar-refractivity contribution is 6.30. The first-order chi connectivity index (χ1) is 9.20. The third-order valence-electron chi connectivity index (χ3n) is 4.20. The van der Waals surface area contributed by atoms with Gasteiger partial charge < -0.3 is 10.6 Å². The van der Waals surface area contributed by atoms with Crippen molar-refractivity contribution in [3.05, 3.63) is 34.9 Å². The monoisotopic (exact) mass is 314 g/mol. The zero-order valence-corrected chi connectivity index (χ0v) is 12.9. The summed E-state index contributed by atoms with van der Waals surface area (Å²) in [6.45, 7) is 1.89. The molecule has 1 heterocycles. The Morgan fingerprint density at radius 1 is 1.30 bits per heavy atom. The highest BCUT2D eigenvalue weighted by atomic mass is 35.5. The van der Waals surface area contributed by atoms with Crippen molar-refractivity contribution < 1.29 is 4.79 Å². The van der Waals surface area contributed by atoms with Gasteiger partial charge in [-0.15, -0.1) is 12.4 Å². The lowest BCUT2D eigenvalue weighted by Crippen LogP contribution is -2.42. The number of carbonyl (C=O) groups is 1. The second kappa shape index (κ2) is 6.33. The molecule has 110 valence electrons. The second-order valence-corrected chi connectivity index (χ2v) is 6.04. The molecule has 2 aliphatic rings. The minimum Gasteiger partial charge on any atom is -0.346 e. The van der Waals surface area contributed by atoms with Gasteiger partial charge in [0.05, 0.1) is 5.54 Å². The predicted octanol–water partition coefficient (Wildman–Crippen LogP) is 2.87. The summed E-state index contributed by atoms with van der Waals surface area (Å²) in [5.41, 5.74) is 0.995. The third kappa shape index (κ3) is 3.27. The third-order valence-corrected chi connectivity index (χ3v) is 4.43. The van der Waals surface area contributed by atoms with Crippen molar-refractivity contribution in [3.63, 3.8) is 0 Å². The maximum Gasteiger partial charge on any atom is 0.223 e. The summed E-state index contributed by atoms with van der Waals surface area (Å²) in [5.74, 6) is 0.372. The van der Waals surface area contributed by atoms with Gasteiger partial charge in [0, 0.05) is 10.9 Å². The lowest BCUT2D eigenvalue weighted by atomic mass is 9.95. The van der Waals surface area contributed by atoms with Gasteiger partial charge in [-0.2, -0.15) is 0 Å². The van der Waals surface area contributed by atoms with Gasteiger partial charge >= 0.3 is 0 Å². The maximum atomic E-state index is 12.3. The van der Waals surface area contributed by atoms with E-state index in [0.717, 1.165) is 49.4 Å². The van der Waals surface area contributed by atoms with E-state index in [4.69, 9.17) is 11.6 Å². The van der Waals surface area contributed by atoms with Gasteiger partial charge in [-0.1, -0.05) is 23.7 Å². The van der Waals surface area contributed by atoms with Crippen LogP contribution in [0.4, 0.5) is 0 Å². The minimum absolute atomic E-state index is 0. The van der Waals surface area contributed by atoms with Gasteiger partial charge in [-0.3, -0.25) is 4.79 Å². The Hall–Kier alpha value is -0.770. The number of hydrogen-bond acceptors (Lipinski definition) is 2. The number of hydrogen-bond donors (Lipinski definition) is 2. The zero-order chi connectivity index (χ0) is 13.3. The Labute approximate surface area is 130 Å². The van der Waals surface area contributed by atoms with Crippen molar-refractivity contribution in [2.24, 2.45) is 5.92 Å². The van der Waals surface area contributed by atoms with E-state index in [1.54, 1.807) is 0 Å². The van der Waals surface area contributed by atoms with E-state index in [9.17, 15) is 4.79 Å². The van der Waals surface area contributed by atoms with Gasteiger partial charge in [0.1, 0.15) is 0 Å². The number of halogens is 2. The van der Waals surface area contributed by atoms with Crippen molar-refractivity contribution in [1.29, 1.82) is 0 Å². The van der Waals surface area contributed by atoms with Crippen LogP contribution in [0.2, 0.25) is 5.02 Å². The van der Waals surface area contributed by atoms with E-state index in [1.807, 2.05) is 18.2 Å². The van der Waals surface area contributed by atoms with Gasteiger partial charge in [0.2, 0.25) is 5.91 Å². The van der Waals surface area contributed by atoms with Crippen LogP contribution in [0, 0.1) is 5.92 Å². The summed E-state index contributed by atoms with van der Waals surface area (Å²) >= 11 is 6.04. The van der Waals surface area contributed by atoms with Crippen molar-refractivity contribution in [2.75, 3.05) is 13.1 Å². The van der Waals surface area contributed by atoms with Crippen molar-refractivity contribution in [1.82, 2.24) is 10.6 Å².